The van der Waals surface area contributed by atoms with E-state index in [1.54, 1.807) is 0 Å². The smallest absolute Gasteiger partial charge is 0.277 e. The molecular formula is C12H13N5O. The van der Waals surface area contributed by atoms with Gasteiger partial charge >= 0.3 is 0 Å². The number of anilines is 2. The molecule has 0 atom stereocenters. The first-order valence-electron chi connectivity index (χ1n) is 5.87. The number of carbonyl (C=O) groups is 1. The average Bonchev–Trinajstić information content (AvgIpc) is 2.92. The molecule has 0 bridgehead atoms. The van der Waals surface area contributed by atoms with Gasteiger partial charge in [-0.05, 0) is 36.6 Å². The second-order valence-corrected chi connectivity index (χ2v) is 4.21. The molecule has 0 saturated carbocycles. The van der Waals surface area contributed by atoms with Crippen molar-refractivity contribution in [3.8, 4) is 0 Å². The Morgan fingerprint density at radius 1 is 1.39 bits per heavy atom. The van der Waals surface area contributed by atoms with Gasteiger partial charge in [-0.15, -0.1) is 0 Å². The molecule has 1 aromatic heterocycles. The third-order valence-corrected chi connectivity index (χ3v) is 2.95. The van der Waals surface area contributed by atoms with E-state index < -0.39 is 0 Å². The Morgan fingerprint density at radius 3 is 3.17 bits per heavy atom. The Labute approximate surface area is 104 Å². The summed E-state index contributed by atoms with van der Waals surface area (Å²) in [5.41, 5.74) is 3.45. The molecule has 3 N–H and O–H groups in total. The first kappa shape index (κ1) is 10.8. The van der Waals surface area contributed by atoms with Gasteiger partial charge in [0.1, 0.15) is 0 Å². The second-order valence-electron chi connectivity index (χ2n) is 4.21. The van der Waals surface area contributed by atoms with Crippen LogP contribution in [0.5, 0.6) is 0 Å². The normalized spacial score (nSPS) is 13.6. The predicted octanol–water partition coefficient (Wildman–Crippen LogP) is 1.42. The van der Waals surface area contributed by atoms with Crippen LogP contribution >= 0.6 is 0 Å². The summed E-state index contributed by atoms with van der Waals surface area (Å²) in [7, 11) is 0. The summed E-state index contributed by atoms with van der Waals surface area (Å²) < 4.78 is 0. The molecule has 3 rings (SSSR count). The maximum absolute atomic E-state index is 11.8. The number of hydrogen-bond acceptors (Lipinski definition) is 4. The summed E-state index contributed by atoms with van der Waals surface area (Å²) in [4.78, 5) is 11.8. The van der Waals surface area contributed by atoms with Crippen molar-refractivity contribution in [2.24, 2.45) is 0 Å². The number of aryl methyl sites for hydroxylation is 1. The van der Waals surface area contributed by atoms with Crippen LogP contribution in [0.15, 0.2) is 24.4 Å². The predicted molar refractivity (Wildman–Crippen MR) is 67.6 cm³/mol. The number of hydrogen-bond donors (Lipinski definition) is 3. The molecule has 1 aliphatic heterocycles. The van der Waals surface area contributed by atoms with Crippen LogP contribution in [0, 0.1) is 0 Å². The number of carbonyl (C=O) groups excluding carboxylic acids is 1. The molecule has 1 amide bonds. The van der Waals surface area contributed by atoms with E-state index in [1.807, 2.05) is 18.2 Å². The minimum atomic E-state index is -0.257. The number of nitrogens with one attached hydrogen (secondary N) is 3. The molecule has 2 heterocycles. The van der Waals surface area contributed by atoms with Gasteiger partial charge in [0.2, 0.25) is 0 Å². The van der Waals surface area contributed by atoms with Gasteiger partial charge in [-0.25, -0.2) is 0 Å². The second kappa shape index (κ2) is 4.48. The highest BCUT2D eigenvalue weighted by atomic mass is 16.2. The Morgan fingerprint density at radius 2 is 2.33 bits per heavy atom. The number of nitrogens with zero attached hydrogens (tertiary/aromatic N) is 2. The van der Waals surface area contributed by atoms with E-state index in [4.69, 9.17) is 0 Å². The number of H-pyrrole nitrogens is 1. The van der Waals surface area contributed by atoms with Crippen LogP contribution in [0.3, 0.4) is 0 Å². The molecule has 2 aromatic rings. The number of rotatable bonds is 2. The fourth-order valence-corrected chi connectivity index (χ4v) is 2.06. The van der Waals surface area contributed by atoms with E-state index in [1.165, 1.54) is 11.8 Å². The zero-order valence-corrected chi connectivity index (χ0v) is 9.73. The van der Waals surface area contributed by atoms with Crippen molar-refractivity contribution < 1.29 is 4.79 Å². The lowest BCUT2D eigenvalue weighted by atomic mass is 10.0. The van der Waals surface area contributed by atoms with Crippen molar-refractivity contribution in [1.29, 1.82) is 0 Å². The SMILES string of the molecule is O=C(Nc1ccc2c(c1)CCCN2)c1cn[nH]n1. The molecular weight excluding hydrogens is 230 g/mol. The van der Waals surface area contributed by atoms with E-state index >= 15 is 0 Å². The van der Waals surface area contributed by atoms with Crippen LogP contribution in [0.2, 0.25) is 0 Å². The van der Waals surface area contributed by atoms with Crippen molar-refractivity contribution in [3.05, 3.63) is 35.7 Å². The summed E-state index contributed by atoms with van der Waals surface area (Å²) in [6, 6.07) is 5.88. The standard InChI is InChI=1S/C12H13N5O/c18-12(11-7-14-17-16-11)15-9-3-4-10-8(6-9)2-1-5-13-10/h3-4,6-7,13H,1-2,5H2,(H,15,18)(H,14,16,17). The number of amides is 1. The molecule has 1 aliphatic rings. The minimum Gasteiger partial charge on any atom is -0.385 e. The van der Waals surface area contributed by atoms with Crippen LogP contribution in [0.25, 0.3) is 0 Å². The Hall–Kier alpha value is -2.37. The van der Waals surface area contributed by atoms with Crippen molar-refractivity contribution >= 4 is 17.3 Å². The fraction of sp³-hybridized carbons (Fsp3) is 0.250. The first-order valence-corrected chi connectivity index (χ1v) is 5.87. The maximum atomic E-state index is 11.8. The fourth-order valence-electron chi connectivity index (χ4n) is 2.06. The molecule has 0 saturated heterocycles. The van der Waals surface area contributed by atoms with Gasteiger partial charge in [0, 0.05) is 17.9 Å². The van der Waals surface area contributed by atoms with E-state index in [9.17, 15) is 4.79 Å². The summed E-state index contributed by atoms with van der Waals surface area (Å²) in [5.74, 6) is -0.257. The van der Waals surface area contributed by atoms with E-state index in [2.05, 4.69) is 26.0 Å². The number of benzene rings is 1. The largest absolute Gasteiger partial charge is 0.385 e. The van der Waals surface area contributed by atoms with E-state index in [0.29, 0.717) is 0 Å². The average molecular weight is 243 g/mol. The third kappa shape index (κ3) is 2.04. The Kier molecular flexibility index (Phi) is 2.68. The topological polar surface area (TPSA) is 82.7 Å². The van der Waals surface area contributed by atoms with Gasteiger partial charge in [-0.1, -0.05) is 0 Å². The number of aromatic amines is 1. The van der Waals surface area contributed by atoms with Crippen LogP contribution in [0.4, 0.5) is 11.4 Å². The van der Waals surface area contributed by atoms with Gasteiger partial charge in [0.15, 0.2) is 5.69 Å². The van der Waals surface area contributed by atoms with Crippen molar-refractivity contribution in [3.63, 3.8) is 0 Å². The zero-order valence-electron chi connectivity index (χ0n) is 9.73. The molecule has 6 heteroatoms. The van der Waals surface area contributed by atoms with Crippen LogP contribution in [-0.4, -0.2) is 27.9 Å². The molecule has 0 aliphatic carbocycles. The zero-order chi connectivity index (χ0) is 12.4. The quantitative estimate of drug-likeness (QED) is 0.744. The molecule has 0 spiro atoms. The van der Waals surface area contributed by atoms with Gasteiger partial charge in [0.25, 0.3) is 5.91 Å². The lowest BCUT2D eigenvalue weighted by Gasteiger charge is -2.18. The highest BCUT2D eigenvalue weighted by molar-refractivity contribution is 6.02. The minimum absolute atomic E-state index is 0.257. The summed E-state index contributed by atoms with van der Waals surface area (Å²) in [6.07, 6.45) is 3.55. The molecule has 0 unspecified atom stereocenters. The molecule has 0 fully saturated rings. The van der Waals surface area contributed by atoms with E-state index in [-0.39, 0.29) is 11.6 Å². The monoisotopic (exact) mass is 243 g/mol. The summed E-state index contributed by atoms with van der Waals surface area (Å²) in [6.45, 7) is 1.01. The third-order valence-electron chi connectivity index (χ3n) is 2.95. The lowest BCUT2D eigenvalue weighted by molar-refractivity contribution is 0.102. The number of aromatic nitrogens is 3. The van der Waals surface area contributed by atoms with Gasteiger partial charge in [-0.3, -0.25) is 4.79 Å². The van der Waals surface area contributed by atoms with Crippen molar-refractivity contribution in [2.45, 2.75) is 12.8 Å². The highest BCUT2D eigenvalue weighted by Crippen LogP contribution is 2.25. The molecule has 92 valence electrons. The van der Waals surface area contributed by atoms with Crippen LogP contribution in [-0.2, 0) is 6.42 Å². The highest BCUT2D eigenvalue weighted by Gasteiger charge is 2.12. The Bertz CT molecular complexity index is 564. The number of fused-ring (bicyclic) bond motifs is 1. The van der Waals surface area contributed by atoms with Crippen molar-refractivity contribution in [2.75, 3.05) is 17.2 Å². The lowest BCUT2D eigenvalue weighted by Crippen LogP contribution is -2.15. The van der Waals surface area contributed by atoms with Crippen LogP contribution < -0.4 is 10.6 Å². The Balaban J connectivity index is 1.79. The molecule has 1 aromatic carbocycles. The van der Waals surface area contributed by atoms with Gasteiger partial charge in [0.05, 0.1) is 6.20 Å². The summed E-state index contributed by atoms with van der Waals surface area (Å²) in [5, 5.41) is 15.9. The van der Waals surface area contributed by atoms with E-state index in [0.717, 1.165) is 30.8 Å². The van der Waals surface area contributed by atoms with Gasteiger partial charge < -0.3 is 10.6 Å². The summed E-state index contributed by atoms with van der Waals surface area (Å²) >= 11 is 0. The molecule has 6 nitrogen and oxygen atoms in total. The van der Waals surface area contributed by atoms with Crippen molar-refractivity contribution in [1.82, 2.24) is 15.4 Å². The maximum Gasteiger partial charge on any atom is 0.277 e. The first-order chi connectivity index (χ1) is 8.83. The molecule has 18 heavy (non-hydrogen) atoms. The van der Waals surface area contributed by atoms with Gasteiger partial charge in [-0.2, -0.15) is 15.4 Å². The molecule has 0 radical (unpaired) electrons. The van der Waals surface area contributed by atoms with Crippen LogP contribution in [0.1, 0.15) is 22.5 Å².